The first kappa shape index (κ1) is 22.5. The van der Waals surface area contributed by atoms with E-state index in [9.17, 15) is 13.2 Å². The lowest BCUT2D eigenvalue weighted by molar-refractivity contribution is -0.126. The Hall–Kier alpha value is -2.71. The summed E-state index contributed by atoms with van der Waals surface area (Å²) in [6, 6.07) is 15.9. The number of piperidine rings is 1. The number of aromatic nitrogens is 2. The number of hydrogen-bond acceptors (Lipinski definition) is 4. The summed E-state index contributed by atoms with van der Waals surface area (Å²) in [6.07, 6.45) is 2.68. The minimum atomic E-state index is -3.19. The van der Waals surface area contributed by atoms with Gasteiger partial charge in [0.1, 0.15) is 5.82 Å². The number of imidazole rings is 1. The molecule has 0 spiro atoms. The van der Waals surface area contributed by atoms with Crippen molar-refractivity contribution in [2.24, 2.45) is 5.92 Å². The van der Waals surface area contributed by atoms with Crippen LogP contribution in [0.1, 0.15) is 38.2 Å². The third-order valence-corrected chi connectivity index (χ3v) is 8.01. The van der Waals surface area contributed by atoms with Crippen LogP contribution >= 0.6 is 0 Å². The fraction of sp³-hybridized carbons (Fsp3) is 0.417. The van der Waals surface area contributed by atoms with Crippen LogP contribution in [0.2, 0.25) is 0 Å². The van der Waals surface area contributed by atoms with E-state index >= 15 is 0 Å². The van der Waals surface area contributed by atoms with Gasteiger partial charge in [0.25, 0.3) is 0 Å². The van der Waals surface area contributed by atoms with Crippen molar-refractivity contribution in [3.8, 4) is 11.4 Å². The van der Waals surface area contributed by atoms with Crippen molar-refractivity contribution in [2.75, 3.05) is 18.8 Å². The zero-order valence-corrected chi connectivity index (χ0v) is 19.2. The van der Waals surface area contributed by atoms with Crippen LogP contribution in [0, 0.1) is 5.92 Å². The largest absolute Gasteiger partial charge is 0.352 e. The summed E-state index contributed by atoms with van der Waals surface area (Å²) >= 11 is 0. The van der Waals surface area contributed by atoms with Gasteiger partial charge in [-0.05, 0) is 37.0 Å². The van der Waals surface area contributed by atoms with Crippen molar-refractivity contribution < 1.29 is 13.2 Å². The lowest BCUT2D eigenvalue weighted by Crippen LogP contribution is -2.43. The topological polar surface area (TPSA) is 95.2 Å². The molecule has 0 atom stereocenters. The molecular formula is C24H30N4O3S. The van der Waals surface area contributed by atoms with Crippen LogP contribution in [0.3, 0.4) is 0 Å². The monoisotopic (exact) mass is 454 g/mol. The van der Waals surface area contributed by atoms with E-state index in [2.05, 4.69) is 15.3 Å². The lowest BCUT2D eigenvalue weighted by atomic mass is 9.97. The molecular weight excluding hydrogens is 424 g/mol. The van der Waals surface area contributed by atoms with E-state index in [0.29, 0.717) is 38.9 Å². The first-order valence-electron chi connectivity index (χ1n) is 11.3. The maximum atomic E-state index is 12.6. The molecule has 4 rings (SSSR count). The van der Waals surface area contributed by atoms with Gasteiger partial charge in [0.05, 0.1) is 16.8 Å². The van der Waals surface area contributed by atoms with Crippen molar-refractivity contribution in [2.45, 2.75) is 39.2 Å². The quantitative estimate of drug-likeness (QED) is 0.543. The number of unbranched alkanes of at least 4 members (excludes halogenated alkanes) is 1. The van der Waals surface area contributed by atoms with E-state index in [1.54, 1.807) is 4.31 Å². The van der Waals surface area contributed by atoms with Gasteiger partial charge in [0.15, 0.2) is 0 Å². The van der Waals surface area contributed by atoms with E-state index in [-0.39, 0.29) is 17.6 Å². The molecule has 1 aliphatic heterocycles. The van der Waals surface area contributed by atoms with Crippen molar-refractivity contribution in [3.05, 3.63) is 54.1 Å². The number of fused-ring (bicyclic) bond motifs is 1. The summed E-state index contributed by atoms with van der Waals surface area (Å²) in [5.74, 6) is 0.881. The van der Waals surface area contributed by atoms with Gasteiger partial charge in [-0.25, -0.2) is 17.7 Å². The minimum Gasteiger partial charge on any atom is -0.352 e. The Balaban J connectivity index is 1.28. The van der Waals surface area contributed by atoms with Crippen LogP contribution in [0.25, 0.3) is 22.4 Å². The van der Waals surface area contributed by atoms with Gasteiger partial charge in [0.2, 0.25) is 15.9 Å². The van der Waals surface area contributed by atoms with Crippen LogP contribution < -0.4 is 5.32 Å². The molecule has 2 N–H and O–H groups in total. The number of H-pyrrole nitrogens is 1. The fourth-order valence-electron chi connectivity index (χ4n) is 4.06. The molecule has 32 heavy (non-hydrogen) atoms. The molecule has 1 aromatic heterocycles. The van der Waals surface area contributed by atoms with E-state index in [4.69, 9.17) is 0 Å². The van der Waals surface area contributed by atoms with Crippen molar-refractivity contribution in [1.82, 2.24) is 19.6 Å². The average molecular weight is 455 g/mol. The summed E-state index contributed by atoms with van der Waals surface area (Å²) in [5.41, 5.74) is 3.94. The minimum absolute atomic E-state index is 0.00281. The molecule has 3 aromatic rings. The molecule has 0 bridgehead atoms. The zero-order chi connectivity index (χ0) is 22.6. The number of carbonyl (C=O) groups excluding carboxylic acids is 1. The van der Waals surface area contributed by atoms with Gasteiger partial charge in [-0.15, -0.1) is 0 Å². The molecule has 1 fully saturated rings. The first-order chi connectivity index (χ1) is 15.5. The highest BCUT2D eigenvalue weighted by atomic mass is 32.2. The summed E-state index contributed by atoms with van der Waals surface area (Å²) in [4.78, 5) is 20.5. The highest BCUT2D eigenvalue weighted by Crippen LogP contribution is 2.22. The number of nitrogens with zero attached hydrogens (tertiary/aromatic N) is 2. The predicted octanol–water partition coefficient (Wildman–Crippen LogP) is 3.69. The molecule has 0 unspecified atom stereocenters. The predicted molar refractivity (Wildman–Crippen MR) is 126 cm³/mol. The number of para-hydroxylation sites is 2. The molecule has 2 heterocycles. The van der Waals surface area contributed by atoms with Crippen LogP contribution in [0.15, 0.2) is 48.5 Å². The van der Waals surface area contributed by atoms with Gasteiger partial charge in [-0.3, -0.25) is 4.79 Å². The van der Waals surface area contributed by atoms with E-state index in [1.807, 2.05) is 55.5 Å². The third-order valence-electron chi connectivity index (χ3n) is 6.06. The lowest BCUT2D eigenvalue weighted by Gasteiger charge is -2.30. The number of benzene rings is 2. The summed E-state index contributed by atoms with van der Waals surface area (Å²) in [6.45, 7) is 3.29. The van der Waals surface area contributed by atoms with Gasteiger partial charge in [-0.1, -0.05) is 49.7 Å². The Morgan fingerprint density at radius 1 is 1.12 bits per heavy atom. The number of sulfonamides is 1. The van der Waals surface area contributed by atoms with Crippen molar-refractivity contribution >= 4 is 27.0 Å². The molecule has 0 saturated carbocycles. The van der Waals surface area contributed by atoms with E-state index < -0.39 is 10.0 Å². The first-order valence-corrected chi connectivity index (χ1v) is 12.9. The molecule has 7 nitrogen and oxygen atoms in total. The Labute approximate surface area is 189 Å². The molecule has 1 aliphatic rings. The average Bonchev–Trinajstić information content (AvgIpc) is 3.26. The molecule has 0 radical (unpaired) electrons. The number of nitrogens with one attached hydrogen (secondary N) is 2. The Kier molecular flexibility index (Phi) is 6.91. The number of hydrogen-bond donors (Lipinski definition) is 2. The number of amides is 1. The molecule has 2 aromatic carbocycles. The Bertz CT molecular complexity index is 1130. The molecule has 0 aliphatic carbocycles. The molecule has 8 heteroatoms. The highest BCUT2D eigenvalue weighted by molar-refractivity contribution is 7.89. The second-order valence-electron chi connectivity index (χ2n) is 8.36. The van der Waals surface area contributed by atoms with E-state index in [1.165, 1.54) is 0 Å². The molecule has 1 amide bonds. The molecule has 170 valence electrons. The smallest absolute Gasteiger partial charge is 0.223 e. The van der Waals surface area contributed by atoms with Crippen LogP contribution in [-0.2, 0) is 21.4 Å². The van der Waals surface area contributed by atoms with Crippen LogP contribution in [0.4, 0.5) is 0 Å². The molecule has 1 saturated heterocycles. The number of rotatable bonds is 8. The second-order valence-corrected chi connectivity index (χ2v) is 10.4. The van der Waals surface area contributed by atoms with Crippen LogP contribution in [0.5, 0.6) is 0 Å². The van der Waals surface area contributed by atoms with E-state index in [0.717, 1.165) is 34.4 Å². The number of aromatic amines is 1. The van der Waals surface area contributed by atoms with Crippen molar-refractivity contribution in [3.63, 3.8) is 0 Å². The summed E-state index contributed by atoms with van der Waals surface area (Å²) in [7, 11) is -3.19. The normalized spacial score (nSPS) is 15.8. The Morgan fingerprint density at radius 2 is 1.84 bits per heavy atom. The van der Waals surface area contributed by atoms with Gasteiger partial charge in [-0.2, -0.15) is 0 Å². The third kappa shape index (κ3) is 5.19. The van der Waals surface area contributed by atoms with Crippen molar-refractivity contribution in [1.29, 1.82) is 0 Å². The van der Waals surface area contributed by atoms with Gasteiger partial charge < -0.3 is 10.3 Å². The Morgan fingerprint density at radius 3 is 2.53 bits per heavy atom. The maximum Gasteiger partial charge on any atom is 0.223 e. The summed E-state index contributed by atoms with van der Waals surface area (Å²) in [5, 5.41) is 3.01. The maximum absolute atomic E-state index is 12.6. The fourth-order valence-corrected chi connectivity index (χ4v) is 5.73. The van der Waals surface area contributed by atoms with Gasteiger partial charge in [0, 0.05) is 31.1 Å². The van der Waals surface area contributed by atoms with Crippen LogP contribution in [-0.4, -0.2) is 47.4 Å². The standard InChI is InChI=1S/C24H30N4O3S/c1-2-3-16-32(30,31)28-14-12-20(13-15-28)24(29)25-17-18-8-10-19(11-9-18)23-26-21-6-4-5-7-22(21)27-23/h4-11,20H,2-3,12-17H2,1H3,(H,25,29)(H,26,27). The SMILES string of the molecule is CCCCS(=O)(=O)N1CCC(C(=O)NCc2ccc(-c3nc4ccccc4[nH]3)cc2)CC1. The number of carbonyl (C=O) groups is 1. The zero-order valence-electron chi connectivity index (χ0n) is 18.4. The van der Waals surface area contributed by atoms with Gasteiger partial charge >= 0.3 is 0 Å². The summed E-state index contributed by atoms with van der Waals surface area (Å²) < 4.78 is 26.2. The highest BCUT2D eigenvalue weighted by Gasteiger charge is 2.30. The second kappa shape index (κ2) is 9.83.